The molecule has 0 unspecified atom stereocenters. The standard InChI is InChI=1S/C15H19ClF2N4O/c1-14(2)8-22(9-4-5-15(17,18)6-9)11-10(21(3)12(14)23)7-19-13(16)20-11/h7,9H,4-6,8H2,1-3H3/t9-/m1/s1. The topological polar surface area (TPSA) is 49.3 Å². The summed E-state index contributed by atoms with van der Waals surface area (Å²) >= 11 is 5.91. The molecule has 1 saturated carbocycles. The number of anilines is 2. The van der Waals surface area contributed by atoms with E-state index in [1.807, 2.05) is 18.7 Å². The third kappa shape index (κ3) is 2.86. The van der Waals surface area contributed by atoms with Crippen LogP contribution in [0.15, 0.2) is 6.20 Å². The van der Waals surface area contributed by atoms with Crippen molar-refractivity contribution in [1.29, 1.82) is 0 Å². The molecule has 0 saturated heterocycles. The number of carbonyl (C=O) groups is 1. The van der Waals surface area contributed by atoms with Crippen molar-refractivity contribution in [3.8, 4) is 0 Å². The zero-order valence-corrected chi connectivity index (χ0v) is 14.1. The molecule has 1 aliphatic heterocycles. The van der Waals surface area contributed by atoms with E-state index in [0.717, 1.165) is 0 Å². The molecule has 23 heavy (non-hydrogen) atoms. The van der Waals surface area contributed by atoms with E-state index in [1.165, 1.54) is 11.1 Å². The quantitative estimate of drug-likeness (QED) is 0.734. The Bertz CT molecular complexity index is 652. The summed E-state index contributed by atoms with van der Waals surface area (Å²) in [6.45, 7) is 3.94. The van der Waals surface area contributed by atoms with Crippen molar-refractivity contribution in [3.05, 3.63) is 11.5 Å². The highest BCUT2D eigenvalue weighted by atomic mass is 35.5. The van der Waals surface area contributed by atoms with E-state index in [9.17, 15) is 13.6 Å². The number of fused-ring (bicyclic) bond motifs is 1. The number of nitrogens with zero attached hydrogens (tertiary/aromatic N) is 4. The minimum atomic E-state index is -2.67. The molecule has 2 aliphatic rings. The smallest absolute Gasteiger partial charge is 0.250 e. The van der Waals surface area contributed by atoms with Gasteiger partial charge in [0.25, 0.3) is 0 Å². The third-order valence-electron chi connectivity index (χ3n) is 4.62. The van der Waals surface area contributed by atoms with E-state index >= 15 is 0 Å². The predicted molar refractivity (Wildman–Crippen MR) is 84.2 cm³/mol. The minimum absolute atomic E-state index is 0.0408. The first-order valence-corrected chi connectivity index (χ1v) is 7.94. The lowest BCUT2D eigenvalue weighted by atomic mass is 9.91. The van der Waals surface area contributed by atoms with Crippen LogP contribution in [0, 0.1) is 5.41 Å². The summed E-state index contributed by atoms with van der Waals surface area (Å²) in [5.41, 5.74) is -0.222. The van der Waals surface area contributed by atoms with Crippen LogP contribution >= 0.6 is 11.6 Å². The fourth-order valence-electron chi connectivity index (χ4n) is 3.42. The zero-order chi connectivity index (χ0) is 17.0. The van der Waals surface area contributed by atoms with E-state index in [4.69, 9.17) is 11.6 Å². The molecule has 2 heterocycles. The van der Waals surface area contributed by atoms with Gasteiger partial charge in [-0.3, -0.25) is 4.79 Å². The molecule has 0 radical (unpaired) electrons. The molecule has 3 rings (SSSR count). The van der Waals surface area contributed by atoms with Gasteiger partial charge in [-0.05, 0) is 31.9 Å². The zero-order valence-electron chi connectivity index (χ0n) is 13.3. The Morgan fingerprint density at radius 1 is 1.39 bits per heavy atom. The minimum Gasteiger partial charge on any atom is -0.350 e. The van der Waals surface area contributed by atoms with Crippen molar-refractivity contribution in [2.75, 3.05) is 23.4 Å². The van der Waals surface area contributed by atoms with Gasteiger partial charge in [0.05, 0.1) is 11.6 Å². The van der Waals surface area contributed by atoms with Crippen molar-refractivity contribution in [2.45, 2.75) is 45.1 Å². The predicted octanol–water partition coefficient (Wildman–Crippen LogP) is 3.13. The van der Waals surface area contributed by atoms with Crippen molar-refractivity contribution in [2.24, 2.45) is 5.41 Å². The molecule has 0 N–H and O–H groups in total. The molecule has 1 atom stereocenters. The molecule has 5 nitrogen and oxygen atoms in total. The summed E-state index contributed by atoms with van der Waals surface area (Å²) in [5.74, 6) is -2.32. The number of rotatable bonds is 1. The summed E-state index contributed by atoms with van der Waals surface area (Å²) in [6, 6.07) is -0.367. The number of hydrogen-bond acceptors (Lipinski definition) is 4. The average Bonchev–Trinajstić information content (AvgIpc) is 2.80. The lowest BCUT2D eigenvalue weighted by molar-refractivity contribution is -0.125. The van der Waals surface area contributed by atoms with Crippen molar-refractivity contribution in [3.63, 3.8) is 0 Å². The first-order valence-electron chi connectivity index (χ1n) is 7.56. The van der Waals surface area contributed by atoms with Gasteiger partial charge in [0, 0.05) is 32.5 Å². The third-order valence-corrected chi connectivity index (χ3v) is 4.80. The van der Waals surface area contributed by atoms with Crippen LogP contribution < -0.4 is 9.80 Å². The Morgan fingerprint density at radius 3 is 2.70 bits per heavy atom. The fourth-order valence-corrected chi connectivity index (χ4v) is 3.55. The number of aromatic nitrogens is 2. The number of alkyl halides is 2. The van der Waals surface area contributed by atoms with Gasteiger partial charge in [0.15, 0.2) is 5.82 Å². The summed E-state index contributed by atoms with van der Waals surface area (Å²) in [6.07, 6.45) is 1.46. The van der Waals surface area contributed by atoms with Crippen LogP contribution in [0.1, 0.15) is 33.1 Å². The summed E-state index contributed by atoms with van der Waals surface area (Å²) < 4.78 is 27.4. The molecule has 1 aromatic heterocycles. The normalized spacial score (nSPS) is 26.2. The van der Waals surface area contributed by atoms with Gasteiger partial charge in [-0.15, -0.1) is 0 Å². The van der Waals surface area contributed by atoms with E-state index in [2.05, 4.69) is 9.97 Å². The first-order chi connectivity index (χ1) is 10.6. The molecule has 8 heteroatoms. The van der Waals surface area contributed by atoms with Gasteiger partial charge in [-0.2, -0.15) is 4.98 Å². The monoisotopic (exact) mass is 344 g/mol. The van der Waals surface area contributed by atoms with Crippen LogP contribution in [0.4, 0.5) is 20.3 Å². The van der Waals surface area contributed by atoms with Crippen LogP contribution in [-0.2, 0) is 4.79 Å². The van der Waals surface area contributed by atoms with Gasteiger partial charge in [-0.25, -0.2) is 13.8 Å². The van der Waals surface area contributed by atoms with Crippen LogP contribution in [0.3, 0.4) is 0 Å². The van der Waals surface area contributed by atoms with Crippen LogP contribution in [0.5, 0.6) is 0 Å². The second-order valence-electron chi connectivity index (χ2n) is 6.98. The Morgan fingerprint density at radius 2 is 2.09 bits per heavy atom. The van der Waals surface area contributed by atoms with Crippen molar-refractivity contribution < 1.29 is 13.6 Å². The van der Waals surface area contributed by atoms with Gasteiger partial charge >= 0.3 is 0 Å². The maximum atomic E-state index is 13.7. The van der Waals surface area contributed by atoms with Crippen LogP contribution in [-0.4, -0.2) is 41.4 Å². The number of carbonyl (C=O) groups excluding carboxylic acids is 1. The van der Waals surface area contributed by atoms with E-state index in [1.54, 1.807) is 7.05 Å². The summed E-state index contributed by atoms with van der Waals surface area (Å²) in [7, 11) is 1.65. The van der Waals surface area contributed by atoms with Gasteiger partial charge in [0.2, 0.25) is 17.1 Å². The molecule has 0 bridgehead atoms. The Kier molecular flexibility index (Phi) is 3.74. The molecule has 0 aromatic carbocycles. The second-order valence-corrected chi connectivity index (χ2v) is 7.31. The van der Waals surface area contributed by atoms with Gasteiger partial charge < -0.3 is 9.80 Å². The Hall–Kier alpha value is -1.50. The van der Waals surface area contributed by atoms with Crippen molar-refractivity contribution >= 4 is 29.0 Å². The summed E-state index contributed by atoms with van der Waals surface area (Å²) in [5, 5.41) is 0.0408. The maximum absolute atomic E-state index is 13.7. The maximum Gasteiger partial charge on any atom is 0.250 e. The Labute approximate surface area is 138 Å². The second kappa shape index (κ2) is 5.26. The SMILES string of the molecule is CN1C(=O)C(C)(C)CN([C@@H]2CCC(F)(F)C2)c2nc(Cl)ncc21. The largest absolute Gasteiger partial charge is 0.350 e. The first kappa shape index (κ1) is 16.4. The fraction of sp³-hybridized carbons (Fsp3) is 0.667. The van der Waals surface area contributed by atoms with Gasteiger partial charge in [0.1, 0.15) is 5.69 Å². The van der Waals surface area contributed by atoms with E-state index in [-0.39, 0.29) is 30.1 Å². The van der Waals surface area contributed by atoms with E-state index in [0.29, 0.717) is 24.5 Å². The number of amides is 1. The molecular weight excluding hydrogens is 326 g/mol. The molecule has 1 aliphatic carbocycles. The highest BCUT2D eigenvalue weighted by Crippen LogP contribution is 2.43. The summed E-state index contributed by atoms with van der Waals surface area (Å²) in [4.78, 5) is 24.1. The van der Waals surface area contributed by atoms with Crippen molar-refractivity contribution in [1.82, 2.24) is 9.97 Å². The van der Waals surface area contributed by atoms with Crippen LogP contribution in [0.2, 0.25) is 5.28 Å². The van der Waals surface area contributed by atoms with E-state index < -0.39 is 11.3 Å². The molecule has 1 amide bonds. The Balaban J connectivity index is 2.09. The highest BCUT2D eigenvalue weighted by molar-refractivity contribution is 6.28. The number of hydrogen-bond donors (Lipinski definition) is 0. The molecular formula is C15H19ClF2N4O. The highest BCUT2D eigenvalue weighted by Gasteiger charge is 2.47. The van der Waals surface area contributed by atoms with Crippen LogP contribution in [0.25, 0.3) is 0 Å². The molecule has 1 aromatic rings. The lowest BCUT2D eigenvalue weighted by Crippen LogP contribution is -2.45. The molecule has 0 spiro atoms. The van der Waals surface area contributed by atoms with Gasteiger partial charge in [-0.1, -0.05) is 0 Å². The average molecular weight is 345 g/mol. The molecule has 126 valence electrons. The number of halogens is 3. The molecule has 1 fully saturated rings. The lowest BCUT2D eigenvalue weighted by Gasteiger charge is -2.34.